The summed E-state index contributed by atoms with van der Waals surface area (Å²) in [5.41, 5.74) is 1.36. The predicted octanol–water partition coefficient (Wildman–Crippen LogP) is 5.34. The fraction of sp³-hybridized carbons (Fsp3) is 0.375. The van der Waals surface area contributed by atoms with E-state index in [0.717, 1.165) is 16.9 Å². The Labute approximate surface area is 245 Å². The number of rotatable bonds is 7. The number of nitrogens with one attached hydrogen (secondary N) is 2. The van der Waals surface area contributed by atoms with Crippen LogP contribution >= 0.6 is 0 Å². The van der Waals surface area contributed by atoms with Gasteiger partial charge in [-0.1, -0.05) is 18.2 Å². The summed E-state index contributed by atoms with van der Waals surface area (Å²) in [5, 5.41) is 6.03. The number of hydrogen-bond acceptors (Lipinski definition) is 8. The van der Waals surface area contributed by atoms with Crippen LogP contribution in [0.1, 0.15) is 59.7 Å². The average Bonchev–Trinajstić information content (AvgIpc) is 2.96. The molecule has 3 aromatic rings. The van der Waals surface area contributed by atoms with E-state index in [1.165, 1.54) is 33.5 Å². The third-order valence-corrected chi connectivity index (χ3v) is 7.74. The van der Waals surface area contributed by atoms with Gasteiger partial charge in [-0.3, -0.25) is 0 Å². The average molecular weight is 577 g/mol. The van der Waals surface area contributed by atoms with Crippen molar-refractivity contribution in [2.45, 2.75) is 50.8 Å². The highest BCUT2D eigenvalue weighted by atomic mass is 16.5. The molecule has 222 valence electrons. The Morgan fingerprint density at radius 3 is 2.12 bits per heavy atom. The lowest BCUT2D eigenvalue weighted by molar-refractivity contribution is -0.0241. The van der Waals surface area contributed by atoms with Crippen molar-refractivity contribution in [2.24, 2.45) is 0 Å². The summed E-state index contributed by atoms with van der Waals surface area (Å²) in [6.45, 7) is 5.78. The van der Waals surface area contributed by atoms with Gasteiger partial charge in [0.2, 0.25) is 5.75 Å². The van der Waals surface area contributed by atoms with Crippen molar-refractivity contribution >= 4 is 12.0 Å². The summed E-state index contributed by atoms with van der Waals surface area (Å²) >= 11 is 0. The third-order valence-electron chi connectivity index (χ3n) is 7.74. The first-order valence-corrected chi connectivity index (χ1v) is 13.6. The monoisotopic (exact) mass is 576 g/mol. The van der Waals surface area contributed by atoms with Gasteiger partial charge in [0.1, 0.15) is 17.2 Å². The second-order valence-corrected chi connectivity index (χ2v) is 11.2. The van der Waals surface area contributed by atoms with Gasteiger partial charge in [-0.05, 0) is 56.7 Å². The van der Waals surface area contributed by atoms with Gasteiger partial charge in [-0.2, -0.15) is 0 Å². The number of ether oxygens (including phenoxy) is 6. The lowest BCUT2D eigenvalue weighted by Gasteiger charge is -2.49. The Bertz CT molecular complexity index is 1490. The Balaban J connectivity index is 1.55. The fourth-order valence-corrected chi connectivity index (χ4v) is 5.92. The van der Waals surface area contributed by atoms with Crippen molar-refractivity contribution in [3.05, 3.63) is 70.8 Å². The molecule has 1 spiro atoms. The fourth-order valence-electron chi connectivity index (χ4n) is 5.92. The molecule has 2 atom stereocenters. The maximum absolute atomic E-state index is 13.3. The first-order valence-electron chi connectivity index (χ1n) is 13.6. The lowest BCUT2D eigenvalue weighted by atomic mass is 9.76. The molecule has 1 saturated heterocycles. The van der Waals surface area contributed by atoms with E-state index in [0.29, 0.717) is 47.2 Å². The third kappa shape index (κ3) is 5.36. The van der Waals surface area contributed by atoms with Crippen LogP contribution in [0.5, 0.6) is 34.5 Å². The molecule has 2 aliphatic rings. The van der Waals surface area contributed by atoms with Crippen molar-refractivity contribution in [2.75, 3.05) is 28.4 Å². The van der Waals surface area contributed by atoms with E-state index in [1.807, 2.05) is 51.1 Å². The first-order chi connectivity index (χ1) is 20.0. The molecule has 5 rings (SSSR count). The highest BCUT2D eigenvalue weighted by Crippen LogP contribution is 2.50. The molecule has 0 saturated carbocycles. The molecule has 0 radical (unpaired) electrons. The maximum atomic E-state index is 13.3. The summed E-state index contributed by atoms with van der Waals surface area (Å²) in [6.07, 6.45) is 1.04. The number of amides is 2. The number of urea groups is 1. The van der Waals surface area contributed by atoms with E-state index in [-0.39, 0.29) is 17.5 Å². The molecule has 2 amide bonds. The Morgan fingerprint density at radius 2 is 1.55 bits per heavy atom. The first kappa shape index (κ1) is 28.9. The van der Waals surface area contributed by atoms with E-state index in [1.54, 1.807) is 13.2 Å². The van der Waals surface area contributed by atoms with Gasteiger partial charge in [0, 0.05) is 35.4 Å². The summed E-state index contributed by atoms with van der Waals surface area (Å²) in [6, 6.07) is 14.3. The number of hydrogen-bond donors (Lipinski definition) is 2. The standard InChI is InChI=1S/C32H36N2O8/c1-18-24(41-29(35)20-14-25(38-5)28(40-7)26(15-20)39-6)13-12-22-23(19-8-10-21(37-4)11-9-19)16-32(42-27(18)22)17-31(2,3)33-30(36)34-32/h8-15,23H,16-17H2,1-7H3,(H2,33,34,36)/t23-,32-/m0/s1. The Hall–Kier alpha value is -4.60. The summed E-state index contributed by atoms with van der Waals surface area (Å²) in [5.74, 6) is 1.98. The molecule has 42 heavy (non-hydrogen) atoms. The predicted molar refractivity (Wildman–Crippen MR) is 155 cm³/mol. The Morgan fingerprint density at radius 1 is 0.881 bits per heavy atom. The molecule has 0 aliphatic carbocycles. The number of methoxy groups -OCH3 is 4. The molecule has 2 N–H and O–H groups in total. The number of esters is 1. The van der Waals surface area contributed by atoms with Crippen LogP contribution in [-0.4, -0.2) is 51.7 Å². The molecule has 0 unspecified atom stereocenters. The normalized spacial score (nSPS) is 20.4. The van der Waals surface area contributed by atoms with Gasteiger partial charge in [0.15, 0.2) is 17.2 Å². The minimum Gasteiger partial charge on any atom is -0.497 e. The number of carbonyl (C=O) groups is 2. The number of benzene rings is 3. The second-order valence-electron chi connectivity index (χ2n) is 11.2. The summed E-state index contributed by atoms with van der Waals surface area (Å²) in [4.78, 5) is 26.1. The van der Waals surface area contributed by atoms with Crippen LogP contribution in [0.2, 0.25) is 0 Å². The maximum Gasteiger partial charge on any atom is 0.343 e. The van der Waals surface area contributed by atoms with Gasteiger partial charge < -0.3 is 39.1 Å². The van der Waals surface area contributed by atoms with Gasteiger partial charge in [-0.25, -0.2) is 9.59 Å². The Kier molecular flexibility index (Phi) is 7.57. The SMILES string of the molecule is COc1ccc([C@@H]2C[C@@]3(CC(C)(C)NC(=O)N3)Oc3c2ccc(OC(=O)c2cc(OC)c(OC)c(OC)c2)c3C)cc1. The van der Waals surface area contributed by atoms with E-state index >= 15 is 0 Å². The molecule has 2 aliphatic heterocycles. The van der Waals surface area contributed by atoms with E-state index in [9.17, 15) is 9.59 Å². The van der Waals surface area contributed by atoms with E-state index < -0.39 is 17.2 Å². The molecule has 0 bridgehead atoms. The van der Waals surface area contributed by atoms with E-state index in [4.69, 9.17) is 28.4 Å². The van der Waals surface area contributed by atoms with Crippen LogP contribution in [0, 0.1) is 6.92 Å². The highest BCUT2D eigenvalue weighted by Gasteiger charge is 2.50. The van der Waals surface area contributed by atoms with Crippen LogP contribution < -0.4 is 39.1 Å². The van der Waals surface area contributed by atoms with Gasteiger partial charge in [-0.15, -0.1) is 0 Å². The van der Waals surface area contributed by atoms with Crippen LogP contribution in [0.25, 0.3) is 0 Å². The van der Waals surface area contributed by atoms with Crippen LogP contribution in [0.4, 0.5) is 4.79 Å². The van der Waals surface area contributed by atoms with Gasteiger partial charge >= 0.3 is 12.0 Å². The zero-order chi connectivity index (χ0) is 30.2. The summed E-state index contributed by atoms with van der Waals surface area (Å²) in [7, 11) is 6.08. The van der Waals surface area contributed by atoms with Crippen molar-refractivity contribution in [1.82, 2.24) is 10.6 Å². The molecule has 10 nitrogen and oxygen atoms in total. The quantitative estimate of drug-likeness (QED) is 0.286. The van der Waals surface area contributed by atoms with Gasteiger partial charge in [0.05, 0.1) is 34.0 Å². The molecule has 0 aromatic heterocycles. The molecule has 10 heteroatoms. The molecule has 3 aromatic carbocycles. The van der Waals surface area contributed by atoms with Crippen molar-refractivity contribution in [3.8, 4) is 34.5 Å². The van der Waals surface area contributed by atoms with Crippen molar-refractivity contribution < 1.29 is 38.0 Å². The smallest absolute Gasteiger partial charge is 0.343 e. The molecule has 1 fully saturated rings. The minimum atomic E-state index is -0.979. The lowest BCUT2D eigenvalue weighted by Crippen LogP contribution is -2.69. The van der Waals surface area contributed by atoms with Crippen LogP contribution in [-0.2, 0) is 0 Å². The van der Waals surface area contributed by atoms with Crippen LogP contribution in [0.3, 0.4) is 0 Å². The largest absolute Gasteiger partial charge is 0.497 e. The minimum absolute atomic E-state index is 0.104. The van der Waals surface area contributed by atoms with Gasteiger partial charge in [0.25, 0.3) is 0 Å². The van der Waals surface area contributed by atoms with Crippen molar-refractivity contribution in [3.63, 3.8) is 0 Å². The van der Waals surface area contributed by atoms with Crippen molar-refractivity contribution in [1.29, 1.82) is 0 Å². The zero-order valence-electron chi connectivity index (χ0n) is 24.9. The summed E-state index contributed by atoms with van der Waals surface area (Å²) < 4.78 is 34.1. The molecular formula is C32H36N2O8. The topological polar surface area (TPSA) is 114 Å². The highest BCUT2D eigenvalue weighted by molar-refractivity contribution is 5.93. The van der Waals surface area contributed by atoms with Crippen LogP contribution in [0.15, 0.2) is 48.5 Å². The molecule has 2 heterocycles. The molecular weight excluding hydrogens is 540 g/mol. The zero-order valence-corrected chi connectivity index (χ0v) is 24.9. The number of carbonyl (C=O) groups excluding carboxylic acids is 2. The second kappa shape index (κ2) is 11.0. The number of fused-ring (bicyclic) bond motifs is 1. The van der Waals surface area contributed by atoms with E-state index in [2.05, 4.69) is 10.6 Å².